The number of methoxy groups -OCH3 is 2. The van der Waals surface area contributed by atoms with E-state index in [0.717, 1.165) is 11.1 Å². The highest BCUT2D eigenvalue weighted by Crippen LogP contribution is 2.19. The Hall–Kier alpha value is -2.63. The van der Waals surface area contributed by atoms with Crippen LogP contribution in [0.2, 0.25) is 0 Å². The van der Waals surface area contributed by atoms with Crippen LogP contribution >= 0.6 is 0 Å². The Morgan fingerprint density at radius 1 is 1.13 bits per heavy atom. The van der Waals surface area contributed by atoms with Gasteiger partial charge in [-0.05, 0) is 30.2 Å². The van der Waals surface area contributed by atoms with E-state index in [9.17, 15) is 9.59 Å². The lowest BCUT2D eigenvalue weighted by atomic mass is 10.0. The van der Waals surface area contributed by atoms with Crippen LogP contribution in [0.15, 0.2) is 30.3 Å². The van der Waals surface area contributed by atoms with Gasteiger partial charge in [-0.1, -0.05) is 19.9 Å². The third-order valence-corrected chi connectivity index (χ3v) is 3.54. The predicted octanol–water partition coefficient (Wildman–Crippen LogP) is 2.17. The fourth-order valence-electron chi connectivity index (χ4n) is 2.20. The van der Waals surface area contributed by atoms with E-state index in [-0.39, 0.29) is 11.6 Å². The summed E-state index contributed by atoms with van der Waals surface area (Å²) in [4.78, 5) is 28.4. The first-order valence-electron chi connectivity index (χ1n) is 7.29. The molecule has 1 amide bonds. The van der Waals surface area contributed by atoms with Crippen LogP contribution in [0.5, 0.6) is 5.75 Å². The van der Waals surface area contributed by atoms with Crippen molar-refractivity contribution in [1.29, 1.82) is 0 Å². The number of aromatic nitrogens is 1. The summed E-state index contributed by atoms with van der Waals surface area (Å²) in [5, 5.41) is 3.54. The van der Waals surface area contributed by atoms with Crippen molar-refractivity contribution in [2.75, 3.05) is 14.2 Å². The molecule has 0 aliphatic heterocycles. The van der Waals surface area contributed by atoms with Gasteiger partial charge in [-0.25, -0.2) is 9.78 Å². The standard InChI is InChI=1S/C17H20N2O4/c1-10(2)15(17(21)23-4)19-16(20)14-7-5-11-9-12(22-3)6-8-13(11)18-14/h5-10,15H,1-4H3,(H,19,20)/t15-/m0/s1. The van der Waals surface area contributed by atoms with E-state index in [1.807, 2.05) is 19.9 Å². The van der Waals surface area contributed by atoms with Gasteiger partial charge in [0.2, 0.25) is 0 Å². The summed E-state index contributed by atoms with van der Waals surface area (Å²) in [6.07, 6.45) is 0. The number of fused-ring (bicyclic) bond motifs is 1. The lowest BCUT2D eigenvalue weighted by molar-refractivity contribution is -0.144. The summed E-state index contributed by atoms with van der Waals surface area (Å²) in [6.45, 7) is 3.67. The highest BCUT2D eigenvalue weighted by atomic mass is 16.5. The van der Waals surface area contributed by atoms with Gasteiger partial charge in [0.25, 0.3) is 5.91 Å². The van der Waals surface area contributed by atoms with Crippen molar-refractivity contribution in [2.24, 2.45) is 5.92 Å². The van der Waals surface area contributed by atoms with Crippen molar-refractivity contribution in [1.82, 2.24) is 10.3 Å². The largest absolute Gasteiger partial charge is 0.497 e. The molecule has 2 rings (SSSR count). The number of rotatable bonds is 5. The molecule has 2 aromatic rings. The van der Waals surface area contributed by atoms with E-state index in [4.69, 9.17) is 9.47 Å². The average molecular weight is 316 g/mol. The number of benzene rings is 1. The number of hydrogen-bond acceptors (Lipinski definition) is 5. The molecule has 0 aliphatic carbocycles. The molecular weight excluding hydrogens is 296 g/mol. The zero-order valence-electron chi connectivity index (χ0n) is 13.6. The van der Waals surface area contributed by atoms with Crippen LogP contribution in [-0.4, -0.2) is 37.1 Å². The first-order valence-corrected chi connectivity index (χ1v) is 7.29. The normalized spacial score (nSPS) is 12.0. The molecule has 1 aromatic carbocycles. The van der Waals surface area contributed by atoms with Gasteiger partial charge in [-0.3, -0.25) is 4.79 Å². The Bertz CT molecular complexity index is 728. The smallest absolute Gasteiger partial charge is 0.328 e. The van der Waals surface area contributed by atoms with Gasteiger partial charge in [0.05, 0.1) is 19.7 Å². The highest BCUT2D eigenvalue weighted by molar-refractivity contribution is 5.97. The second kappa shape index (κ2) is 7.09. The van der Waals surface area contributed by atoms with Gasteiger partial charge in [0, 0.05) is 5.39 Å². The van der Waals surface area contributed by atoms with Crippen molar-refractivity contribution < 1.29 is 19.1 Å². The summed E-state index contributed by atoms with van der Waals surface area (Å²) in [6, 6.07) is 8.11. The molecule has 122 valence electrons. The van der Waals surface area contributed by atoms with Crippen LogP contribution in [0.1, 0.15) is 24.3 Å². The van der Waals surface area contributed by atoms with Crippen molar-refractivity contribution >= 4 is 22.8 Å². The van der Waals surface area contributed by atoms with Gasteiger partial charge in [-0.15, -0.1) is 0 Å². The van der Waals surface area contributed by atoms with E-state index in [1.54, 1.807) is 31.4 Å². The zero-order valence-corrected chi connectivity index (χ0v) is 13.6. The Balaban J connectivity index is 2.25. The quantitative estimate of drug-likeness (QED) is 0.855. The molecule has 23 heavy (non-hydrogen) atoms. The maximum atomic E-state index is 12.3. The number of esters is 1. The fraction of sp³-hybridized carbons (Fsp3) is 0.353. The number of carbonyl (C=O) groups is 2. The molecule has 0 bridgehead atoms. The van der Waals surface area contributed by atoms with Crippen LogP contribution in [0.4, 0.5) is 0 Å². The third kappa shape index (κ3) is 3.77. The Kier molecular flexibility index (Phi) is 5.16. The average Bonchev–Trinajstić information content (AvgIpc) is 2.57. The van der Waals surface area contributed by atoms with Gasteiger partial charge in [0.1, 0.15) is 17.5 Å². The second-order valence-electron chi connectivity index (χ2n) is 5.47. The summed E-state index contributed by atoms with van der Waals surface area (Å²) in [5.74, 6) is -0.246. The van der Waals surface area contributed by atoms with Crippen molar-refractivity contribution in [3.63, 3.8) is 0 Å². The van der Waals surface area contributed by atoms with E-state index in [2.05, 4.69) is 10.3 Å². The summed E-state index contributed by atoms with van der Waals surface area (Å²) in [5.41, 5.74) is 0.926. The topological polar surface area (TPSA) is 77.5 Å². The minimum absolute atomic E-state index is 0.0869. The van der Waals surface area contributed by atoms with Crippen LogP contribution in [0.25, 0.3) is 10.9 Å². The molecule has 0 fully saturated rings. The fourth-order valence-corrected chi connectivity index (χ4v) is 2.20. The Labute approximate surface area is 134 Å². The van der Waals surface area contributed by atoms with Gasteiger partial charge in [0.15, 0.2) is 0 Å². The summed E-state index contributed by atoms with van der Waals surface area (Å²) < 4.78 is 9.88. The molecule has 0 saturated heterocycles. The van der Waals surface area contributed by atoms with Crippen LogP contribution in [0.3, 0.4) is 0 Å². The number of ether oxygens (including phenoxy) is 2. The summed E-state index contributed by atoms with van der Waals surface area (Å²) in [7, 11) is 2.89. The number of pyridine rings is 1. The van der Waals surface area contributed by atoms with Gasteiger partial charge in [-0.2, -0.15) is 0 Å². The monoisotopic (exact) mass is 316 g/mol. The number of nitrogens with one attached hydrogen (secondary N) is 1. The lowest BCUT2D eigenvalue weighted by Crippen LogP contribution is -2.45. The van der Waals surface area contributed by atoms with E-state index < -0.39 is 17.9 Å². The minimum atomic E-state index is -0.708. The van der Waals surface area contributed by atoms with E-state index in [1.165, 1.54) is 7.11 Å². The van der Waals surface area contributed by atoms with Crippen LogP contribution < -0.4 is 10.1 Å². The molecule has 0 radical (unpaired) electrons. The number of hydrogen-bond donors (Lipinski definition) is 1. The number of carbonyl (C=O) groups excluding carboxylic acids is 2. The number of nitrogens with zero attached hydrogens (tertiary/aromatic N) is 1. The molecule has 0 spiro atoms. The van der Waals surface area contributed by atoms with Gasteiger partial charge >= 0.3 is 5.97 Å². The molecule has 0 aliphatic rings. The van der Waals surface area contributed by atoms with Crippen LogP contribution in [0, 0.1) is 5.92 Å². The van der Waals surface area contributed by atoms with Crippen molar-refractivity contribution in [2.45, 2.75) is 19.9 Å². The lowest BCUT2D eigenvalue weighted by Gasteiger charge is -2.19. The molecule has 6 nitrogen and oxygen atoms in total. The van der Waals surface area contributed by atoms with Crippen LogP contribution in [-0.2, 0) is 9.53 Å². The molecule has 0 unspecified atom stereocenters. The Morgan fingerprint density at radius 2 is 1.87 bits per heavy atom. The highest BCUT2D eigenvalue weighted by Gasteiger charge is 2.25. The minimum Gasteiger partial charge on any atom is -0.497 e. The molecule has 1 heterocycles. The molecule has 1 atom stereocenters. The van der Waals surface area contributed by atoms with Crippen molar-refractivity contribution in [3.05, 3.63) is 36.0 Å². The maximum absolute atomic E-state index is 12.3. The first-order chi connectivity index (χ1) is 11.0. The molecule has 1 aromatic heterocycles. The van der Waals surface area contributed by atoms with E-state index >= 15 is 0 Å². The molecular formula is C17H20N2O4. The van der Waals surface area contributed by atoms with Gasteiger partial charge < -0.3 is 14.8 Å². The second-order valence-corrected chi connectivity index (χ2v) is 5.47. The maximum Gasteiger partial charge on any atom is 0.328 e. The SMILES string of the molecule is COC(=O)[C@@H](NC(=O)c1ccc2cc(OC)ccc2n1)C(C)C. The Morgan fingerprint density at radius 3 is 2.48 bits per heavy atom. The molecule has 0 saturated carbocycles. The van der Waals surface area contributed by atoms with Crippen molar-refractivity contribution in [3.8, 4) is 5.75 Å². The predicted molar refractivity (Wildman–Crippen MR) is 86.4 cm³/mol. The molecule has 1 N–H and O–H groups in total. The first kappa shape index (κ1) is 16.7. The molecule has 6 heteroatoms. The number of amides is 1. The summed E-state index contributed by atoms with van der Waals surface area (Å²) >= 11 is 0. The third-order valence-electron chi connectivity index (χ3n) is 3.54. The zero-order chi connectivity index (χ0) is 17.0. The van der Waals surface area contributed by atoms with E-state index in [0.29, 0.717) is 5.52 Å².